The molecule has 2 aromatic rings. The van der Waals surface area contributed by atoms with Gasteiger partial charge in [0.25, 0.3) is 5.91 Å². The number of nitrogens with one attached hydrogen (secondary N) is 3. The lowest BCUT2D eigenvalue weighted by atomic mass is 10.1. The lowest BCUT2D eigenvalue weighted by Gasteiger charge is -2.10. The molecule has 2 rings (SSSR count). The van der Waals surface area contributed by atoms with Gasteiger partial charge in [0.2, 0.25) is 5.91 Å². The van der Waals surface area contributed by atoms with Gasteiger partial charge in [0, 0.05) is 36.1 Å². The van der Waals surface area contributed by atoms with E-state index in [-0.39, 0.29) is 12.5 Å². The van der Waals surface area contributed by atoms with Crippen LogP contribution in [-0.4, -0.2) is 42.4 Å². The highest BCUT2D eigenvalue weighted by molar-refractivity contribution is 7.11. The Kier molecular flexibility index (Phi) is 8.41. The fourth-order valence-corrected chi connectivity index (χ4v) is 3.13. The van der Waals surface area contributed by atoms with Gasteiger partial charge in [-0.05, 0) is 31.5 Å². The quantitative estimate of drug-likeness (QED) is 0.368. The van der Waals surface area contributed by atoms with Crippen molar-refractivity contribution in [3.8, 4) is 0 Å². The number of hydrogen-bond acceptors (Lipinski definition) is 5. The first-order valence-electron chi connectivity index (χ1n) is 9.07. The molecule has 0 unspecified atom stereocenters. The summed E-state index contributed by atoms with van der Waals surface area (Å²) in [7, 11) is 0. The van der Waals surface area contributed by atoms with E-state index in [0.29, 0.717) is 12.1 Å². The Bertz CT molecular complexity index is 816. The summed E-state index contributed by atoms with van der Waals surface area (Å²) in [5.41, 5.74) is 6.46. The predicted octanol–water partition coefficient (Wildman–Crippen LogP) is 0.964. The molecule has 9 heteroatoms. The summed E-state index contributed by atoms with van der Waals surface area (Å²) in [6.45, 7) is 5.88. The molecule has 0 aliphatic carbocycles. The van der Waals surface area contributed by atoms with Crippen molar-refractivity contribution in [2.45, 2.75) is 26.8 Å². The Hall–Kier alpha value is -2.94. The normalized spacial score (nSPS) is 11.1. The van der Waals surface area contributed by atoms with Gasteiger partial charge in [-0.3, -0.25) is 9.59 Å². The smallest absolute Gasteiger partial charge is 0.251 e. The number of nitrogens with two attached hydrogens (primary N) is 1. The van der Waals surface area contributed by atoms with Gasteiger partial charge < -0.3 is 21.7 Å². The molecule has 0 aliphatic heterocycles. The summed E-state index contributed by atoms with van der Waals surface area (Å²) >= 11 is 1.70. The van der Waals surface area contributed by atoms with Crippen LogP contribution >= 0.6 is 11.3 Å². The molecule has 28 heavy (non-hydrogen) atoms. The third kappa shape index (κ3) is 7.36. The van der Waals surface area contributed by atoms with Crippen LogP contribution in [0.15, 0.2) is 35.5 Å². The number of aryl methyl sites for hydroxylation is 1. The van der Waals surface area contributed by atoms with Gasteiger partial charge in [-0.1, -0.05) is 12.1 Å². The molecule has 0 fully saturated rings. The van der Waals surface area contributed by atoms with Gasteiger partial charge in [0.15, 0.2) is 5.96 Å². The summed E-state index contributed by atoms with van der Waals surface area (Å²) in [5.74, 6) is -0.173. The Balaban J connectivity index is 1.87. The average molecular weight is 403 g/mol. The van der Waals surface area contributed by atoms with Gasteiger partial charge in [-0.25, -0.2) is 9.98 Å². The number of rotatable bonds is 9. The molecule has 1 heterocycles. The third-order valence-corrected chi connectivity index (χ3v) is 4.68. The number of benzene rings is 1. The van der Waals surface area contributed by atoms with Crippen molar-refractivity contribution in [3.05, 3.63) is 51.5 Å². The van der Waals surface area contributed by atoms with Crippen LogP contribution in [0, 0.1) is 6.92 Å². The van der Waals surface area contributed by atoms with E-state index in [9.17, 15) is 9.59 Å². The molecule has 0 aliphatic rings. The SMILES string of the molecule is CCNC(=NCc1ccc(C(=O)NCC(N)=O)cc1)NCCc1ncc(C)s1. The fraction of sp³-hybridized carbons (Fsp3) is 0.368. The number of hydrogen-bond donors (Lipinski definition) is 4. The van der Waals surface area contributed by atoms with Crippen molar-refractivity contribution in [1.82, 2.24) is 20.9 Å². The second-order valence-electron chi connectivity index (χ2n) is 6.08. The zero-order valence-electron chi connectivity index (χ0n) is 16.1. The highest BCUT2D eigenvalue weighted by atomic mass is 32.1. The zero-order chi connectivity index (χ0) is 20.4. The molecule has 0 spiro atoms. The van der Waals surface area contributed by atoms with E-state index in [1.165, 1.54) is 4.88 Å². The van der Waals surface area contributed by atoms with Crippen LogP contribution in [0.5, 0.6) is 0 Å². The van der Waals surface area contributed by atoms with Gasteiger partial charge in [-0.15, -0.1) is 11.3 Å². The summed E-state index contributed by atoms with van der Waals surface area (Å²) in [6.07, 6.45) is 2.73. The van der Waals surface area contributed by atoms with E-state index in [0.717, 1.165) is 36.0 Å². The second-order valence-corrected chi connectivity index (χ2v) is 7.40. The van der Waals surface area contributed by atoms with Crippen LogP contribution in [0.1, 0.15) is 32.7 Å². The third-order valence-electron chi connectivity index (χ3n) is 3.70. The number of nitrogens with zero attached hydrogens (tertiary/aromatic N) is 2. The molecule has 1 aromatic carbocycles. The van der Waals surface area contributed by atoms with Gasteiger partial charge in [0.05, 0.1) is 18.1 Å². The van der Waals surface area contributed by atoms with Crippen molar-refractivity contribution in [1.29, 1.82) is 0 Å². The van der Waals surface area contributed by atoms with E-state index in [4.69, 9.17) is 5.73 Å². The van der Waals surface area contributed by atoms with Crippen molar-refractivity contribution in [3.63, 3.8) is 0 Å². The van der Waals surface area contributed by atoms with E-state index in [2.05, 4.69) is 25.9 Å². The Labute approximate surface area is 168 Å². The minimum absolute atomic E-state index is 0.177. The van der Waals surface area contributed by atoms with Crippen LogP contribution < -0.4 is 21.7 Å². The van der Waals surface area contributed by atoms with Crippen LogP contribution in [0.2, 0.25) is 0 Å². The monoisotopic (exact) mass is 402 g/mol. The highest BCUT2D eigenvalue weighted by Gasteiger charge is 2.06. The molecule has 0 atom stereocenters. The zero-order valence-corrected chi connectivity index (χ0v) is 16.9. The summed E-state index contributed by atoms with van der Waals surface area (Å²) in [5, 5.41) is 10.1. The fourth-order valence-electron chi connectivity index (χ4n) is 2.35. The molecule has 8 nitrogen and oxygen atoms in total. The molecule has 5 N–H and O–H groups in total. The van der Waals surface area contributed by atoms with E-state index in [1.54, 1.807) is 23.5 Å². The number of amides is 2. The molecule has 150 valence electrons. The molecule has 0 bridgehead atoms. The van der Waals surface area contributed by atoms with Crippen LogP contribution in [0.25, 0.3) is 0 Å². The van der Waals surface area contributed by atoms with Gasteiger partial charge in [-0.2, -0.15) is 0 Å². The molecule has 0 saturated heterocycles. The lowest BCUT2D eigenvalue weighted by Crippen LogP contribution is -2.38. The van der Waals surface area contributed by atoms with Crippen molar-refractivity contribution >= 4 is 29.1 Å². The standard InChI is InChI=1S/C19H26N6O2S/c1-3-21-19(22-9-8-17-23-10-13(2)28-17)25-11-14-4-6-15(7-5-14)18(27)24-12-16(20)26/h4-7,10H,3,8-9,11-12H2,1-2H3,(H2,20,26)(H,24,27)(H2,21,22,25). The summed E-state index contributed by atoms with van der Waals surface area (Å²) in [6, 6.07) is 7.08. The number of guanidine groups is 1. The minimum atomic E-state index is -0.576. The molecule has 2 amide bonds. The second kappa shape index (κ2) is 11.0. The van der Waals surface area contributed by atoms with Crippen molar-refractivity contribution in [2.75, 3.05) is 19.6 Å². The molecule has 1 aromatic heterocycles. The Morgan fingerprint density at radius 3 is 2.54 bits per heavy atom. The summed E-state index contributed by atoms with van der Waals surface area (Å²) < 4.78 is 0. The minimum Gasteiger partial charge on any atom is -0.368 e. The van der Waals surface area contributed by atoms with E-state index in [1.807, 2.05) is 32.2 Å². The van der Waals surface area contributed by atoms with Crippen molar-refractivity contribution < 1.29 is 9.59 Å². The summed E-state index contributed by atoms with van der Waals surface area (Å²) in [4.78, 5) is 32.7. The number of carbonyl (C=O) groups excluding carboxylic acids is 2. The number of thiazole rings is 1. The maximum atomic E-state index is 11.9. The van der Waals surface area contributed by atoms with Gasteiger partial charge >= 0.3 is 0 Å². The molecule has 0 radical (unpaired) electrons. The number of aliphatic imine (C=N–C) groups is 1. The first-order chi connectivity index (χ1) is 13.5. The highest BCUT2D eigenvalue weighted by Crippen LogP contribution is 2.11. The van der Waals surface area contributed by atoms with Crippen LogP contribution in [0.4, 0.5) is 0 Å². The Morgan fingerprint density at radius 2 is 1.93 bits per heavy atom. The van der Waals surface area contributed by atoms with E-state index < -0.39 is 5.91 Å². The number of aromatic nitrogens is 1. The first kappa shape index (κ1) is 21.4. The maximum Gasteiger partial charge on any atom is 0.251 e. The maximum absolute atomic E-state index is 11.9. The predicted molar refractivity (Wildman–Crippen MR) is 111 cm³/mol. The van der Waals surface area contributed by atoms with Crippen LogP contribution in [0.3, 0.4) is 0 Å². The largest absolute Gasteiger partial charge is 0.368 e. The molecular formula is C19H26N6O2S. The molecule has 0 saturated carbocycles. The topological polar surface area (TPSA) is 122 Å². The van der Waals surface area contributed by atoms with E-state index >= 15 is 0 Å². The lowest BCUT2D eigenvalue weighted by molar-refractivity contribution is -0.117. The number of primary amides is 1. The van der Waals surface area contributed by atoms with Crippen LogP contribution in [-0.2, 0) is 17.8 Å². The molecular weight excluding hydrogens is 376 g/mol. The average Bonchev–Trinajstić information content (AvgIpc) is 3.09. The van der Waals surface area contributed by atoms with Gasteiger partial charge in [0.1, 0.15) is 0 Å². The van der Waals surface area contributed by atoms with Crippen molar-refractivity contribution in [2.24, 2.45) is 10.7 Å². The number of carbonyl (C=O) groups is 2. The first-order valence-corrected chi connectivity index (χ1v) is 9.88. The Morgan fingerprint density at radius 1 is 1.18 bits per heavy atom.